The molecule has 3 aliphatic rings. The van der Waals surface area contributed by atoms with Gasteiger partial charge in [0.25, 0.3) is 5.91 Å². The lowest BCUT2D eigenvalue weighted by Crippen LogP contribution is -2.43. The number of likely N-dealkylation sites (tertiary alicyclic amines) is 1. The summed E-state index contributed by atoms with van der Waals surface area (Å²) in [6.07, 6.45) is 13.4. The molecular weight excluding hydrogens is 515 g/mol. The molecule has 6 nitrogen and oxygen atoms in total. The van der Waals surface area contributed by atoms with Crippen LogP contribution in [-0.2, 0) is 4.79 Å². The first-order chi connectivity index (χ1) is 19.8. The average molecular weight is 555 g/mol. The van der Waals surface area contributed by atoms with Crippen LogP contribution in [0.1, 0.15) is 81.6 Å². The Kier molecular flexibility index (Phi) is 8.62. The fraction of sp³-hybridized carbons (Fsp3) is 0.412. The van der Waals surface area contributed by atoms with Crippen molar-refractivity contribution in [1.29, 1.82) is 0 Å². The number of hydrogen-bond donors (Lipinski definition) is 0. The molecule has 0 spiro atoms. The number of rotatable bonds is 7. The fourth-order valence-corrected chi connectivity index (χ4v) is 5.62. The number of benzene rings is 1. The molecule has 3 heterocycles. The number of nitrogens with zero attached hydrogens (tertiary/aromatic N) is 4. The molecule has 7 heteroatoms. The van der Waals surface area contributed by atoms with Crippen LogP contribution in [0.15, 0.2) is 70.8 Å². The number of allylic oxidation sites excluding steroid dienone is 4. The Hall–Kier alpha value is -3.87. The second-order valence-electron chi connectivity index (χ2n) is 11.4. The van der Waals surface area contributed by atoms with E-state index in [0.29, 0.717) is 39.8 Å². The highest BCUT2D eigenvalue weighted by atomic mass is 19.1. The maximum absolute atomic E-state index is 15.8. The van der Waals surface area contributed by atoms with Crippen LogP contribution in [0, 0.1) is 11.7 Å². The van der Waals surface area contributed by atoms with Gasteiger partial charge in [0, 0.05) is 48.2 Å². The van der Waals surface area contributed by atoms with Crippen LogP contribution >= 0.6 is 0 Å². The van der Waals surface area contributed by atoms with Crippen molar-refractivity contribution in [1.82, 2.24) is 14.8 Å². The van der Waals surface area contributed by atoms with Crippen molar-refractivity contribution in [3.05, 3.63) is 82.7 Å². The molecule has 214 valence electrons. The Morgan fingerprint density at radius 1 is 1.12 bits per heavy atom. The lowest BCUT2D eigenvalue weighted by molar-refractivity contribution is -0.125. The Labute approximate surface area is 242 Å². The summed E-state index contributed by atoms with van der Waals surface area (Å²) in [6.45, 7) is 6.95. The van der Waals surface area contributed by atoms with E-state index < -0.39 is 0 Å². The molecule has 0 radical (unpaired) electrons. The molecule has 0 N–H and O–H groups in total. The lowest BCUT2D eigenvalue weighted by atomic mass is 9.96. The quantitative estimate of drug-likeness (QED) is 0.340. The SMILES string of the molecule is CC/C(C)=C(\C=C1\N=C(C(=O)N2CCCCCC2C)C=C(C2CC2)N1C)c1ccc(-c2ccc(C=O)cn2)cc1F. The van der Waals surface area contributed by atoms with Gasteiger partial charge in [0.05, 0.1) is 5.69 Å². The van der Waals surface area contributed by atoms with E-state index in [-0.39, 0.29) is 17.8 Å². The molecule has 2 aromatic rings. The minimum Gasteiger partial charge on any atom is -0.335 e. The van der Waals surface area contributed by atoms with Crippen molar-refractivity contribution in [2.45, 2.75) is 71.8 Å². The maximum atomic E-state index is 15.8. The Morgan fingerprint density at radius 2 is 1.93 bits per heavy atom. The Bertz CT molecular complexity index is 1450. The van der Waals surface area contributed by atoms with E-state index in [1.54, 1.807) is 18.2 Å². The highest BCUT2D eigenvalue weighted by Gasteiger charge is 2.35. The zero-order valence-electron chi connectivity index (χ0n) is 24.5. The highest BCUT2D eigenvalue weighted by Crippen LogP contribution is 2.41. The summed E-state index contributed by atoms with van der Waals surface area (Å²) in [7, 11) is 1.99. The van der Waals surface area contributed by atoms with Crippen LogP contribution in [0.5, 0.6) is 0 Å². The topological polar surface area (TPSA) is 65.9 Å². The van der Waals surface area contributed by atoms with Gasteiger partial charge in [0.1, 0.15) is 17.3 Å². The van der Waals surface area contributed by atoms with Crippen LogP contribution in [-0.4, -0.2) is 52.3 Å². The number of hydrogen-bond acceptors (Lipinski definition) is 5. The number of amides is 1. The van der Waals surface area contributed by atoms with Gasteiger partial charge in [-0.3, -0.25) is 14.6 Å². The zero-order valence-corrected chi connectivity index (χ0v) is 24.5. The van der Waals surface area contributed by atoms with Gasteiger partial charge in [-0.15, -0.1) is 0 Å². The van der Waals surface area contributed by atoms with Gasteiger partial charge in [0.2, 0.25) is 0 Å². The molecule has 1 aromatic carbocycles. The Balaban J connectivity index is 1.53. The minimum absolute atomic E-state index is 0.0158. The summed E-state index contributed by atoms with van der Waals surface area (Å²) in [5.74, 6) is 0.686. The molecule has 1 saturated carbocycles. The Morgan fingerprint density at radius 3 is 2.59 bits per heavy atom. The van der Waals surface area contributed by atoms with Gasteiger partial charge in [0.15, 0.2) is 6.29 Å². The summed E-state index contributed by atoms with van der Waals surface area (Å²) >= 11 is 0. The predicted octanol–water partition coefficient (Wildman–Crippen LogP) is 7.20. The molecule has 1 aromatic heterocycles. The molecule has 5 rings (SSSR count). The third-order valence-corrected chi connectivity index (χ3v) is 8.52. The summed E-state index contributed by atoms with van der Waals surface area (Å²) in [4.78, 5) is 38.0. The highest BCUT2D eigenvalue weighted by molar-refractivity contribution is 6.43. The monoisotopic (exact) mass is 554 g/mol. The third-order valence-electron chi connectivity index (χ3n) is 8.52. The van der Waals surface area contributed by atoms with Crippen molar-refractivity contribution in [3.63, 3.8) is 0 Å². The van der Waals surface area contributed by atoms with Crippen LogP contribution in [0.4, 0.5) is 4.39 Å². The van der Waals surface area contributed by atoms with Crippen molar-refractivity contribution in [2.75, 3.05) is 13.6 Å². The van der Waals surface area contributed by atoms with E-state index in [9.17, 15) is 9.59 Å². The summed E-state index contributed by atoms with van der Waals surface area (Å²) in [5, 5.41) is 0. The van der Waals surface area contributed by atoms with Crippen molar-refractivity contribution in [3.8, 4) is 11.3 Å². The van der Waals surface area contributed by atoms with E-state index in [0.717, 1.165) is 74.6 Å². The fourth-order valence-electron chi connectivity index (χ4n) is 5.62. The van der Waals surface area contributed by atoms with Gasteiger partial charge in [-0.05, 0) is 87.8 Å². The van der Waals surface area contributed by atoms with Crippen LogP contribution in [0.3, 0.4) is 0 Å². The predicted molar refractivity (Wildman–Crippen MR) is 162 cm³/mol. The molecular formula is C34H39FN4O2. The number of carbonyl (C=O) groups excluding carboxylic acids is 2. The molecule has 2 fully saturated rings. The van der Waals surface area contributed by atoms with E-state index >= 15 is 4.39 Å². The average Bonchev–Trinajstić information content (AvgIpc) is 3.85. The zero-order chi connectivity index (χ0) is 29.1. The standard InChI is InChI=1S/C34H39FN4O2/c1-5-22(2)28(27-14-13-26(17-29(27)35)30-15-10-24(21-40)20-36-30)18-33-37-31(19-32(38(33)4)25-11-12-25)34(41)39-16-8-6-7-9-23(39)3/h10,13-15,17-21,23,25H,5-9,11-12,16H2,1-4H3/b28-22+,33-18-. The van der Waals surface area contributed by atoms with Crippen molar-refractivity contribution >= 4 is 23.5 Å². The van der Waals surface area contributed by atoms with Crippen LogP contribution in [0.2, 0.25) is 0 Å². The van der Waals surface area contributed by atoms with Gasteiger partial charge >= 0.3 is 0 Å². The number of carbonyl (C=O) groups is 2. The molecule has 1 atom stereocenters. The number of aliphatic imine (C=N–C) groups is 1. The largest absolute Gasteiger partial charge is 0.335 e. The number of aromatic nitrogens is 1. The lowest BCUT2D eigenvalue weighted by Gasteiger charge is -2.31. The molecule has 2 aliphatic heterocycles. The molecule has 1 amide bonds. The van der Waals surface area contributed by atoms with Gasteiger partial charge < -0.3 is 9.80 Å². The molecule has 41 heavy (non-hydrogen) atoms. The van der Waals surface area contributed by atoms with Gasteiger partial charge in [-0.25, -0.2) is 9.38 Å². The summed E-state index contributed by atoms with van der Waals surface area (Å²) < 4.78 is 15.8. The normalized spacial score (nSPS) is 21.2. The first kappa shape index (κ1) is 28.7. The second-order valence-corrected chi connectivity index (χ2v) is 11.4. The molecule has 1 saturated heterocycles. The first-order valence-corrected chi connectivity index (χ1v) is 14.8. The van der Waals surface area contributed by atoms with E-state index in [2.05, 4.69) is 23.7 Å². The van der Waals surface area contributed by atoms with Crippen LogP contribution in [0.25, 0.3) is 16.8 Å². The minimum atomic E-state index is -0.362. The number of pyridine rings is 1. The molecule has 1 aliphatic carbocycles. The van der Waals surface area contributed by atoms with Crippen molar-refractivity contribution < 1.29 is 14.0 Å². The number of halogens is 1. The molecule has 0 bridgehead atoms. The third kappa shape index (κ3) is 6.24. The van der Waals surface area contributed by atoms with Gasteiger partial charge in [-0.2, -0.15) is 0 Å². The number of aldehydes is 1. The van der Waals surface area contributed by atoms with E-state index in [1.807, 2.05) is 37.1 Å². The summed E-state index contributed by atoms with van der Waals surface area (Å²) in [5.41, 5.74) is 5.54. The summed E-state index contributed by atoms with van der Waals surface area (Å²) in [6, 6.07) is 8.69. The van der Waals surface area contributed by atoms with E-state index in [4.69, 9.17) is 4.99 Å². The van der Waals surface area contributed by atoms with Gasteiger partial charge in [-0.1, -0.05) is 37.5 Å². The maximum Gasteiger partial charge on any atom is 0.272 e. The molecule has 1 unspecified atom stereocenters. The smallest absolute Gasteiger partial charge is 0.272 e. The van der Waals surface area contributed by atoms with Crippen molar-refractivity contribution in [2.24, 2.45) is 10.9 Å². The second kappa shape index (κ2) is 12.3. The van der Waals surface area contributed by atoms with Crippen LogP contribution < -0.4 is 0 Å². The van der Waals surface area contributed by atoms with E-state index in [1.165, 1.54) is 12.3 Å². The first-order valence-electron chi connectivity index (χ1n) is 14.8.